The van der Waals surface area contributed by atoms with E-state index in [9.17, 15) is 9.59 Å². The number of carbonyl (C=O) groups is 1. The van der Waals surface area contributed by atoms with Gasteiger partial charge in [0.1, 0.15) is 11.4 Å². The molecule has 1 aliphatic carbocycles. The largest absolute Gasteiger partial charge is 0.396 e. The lowest BCUT2D eigenvalue weighted by atomic mass is 10.1. The van der Waals surface area contributed by atoms with Crippen molar-refractivity contribution in [3.63, 3.8) is 0 Å². The van der Waals surface area contributed by atoms with Gasteiger partial charge >= 0.3 is 0 Å². The van der Waals surface area contributed by atoms with Crippen LogP contribution < -0.4 is 10.9 Å². The Kier molecular flexibility index (Phi) is 5.12. The maximum absolute atomic E-state index is 12.1. The van der Waals surface area contributed by atoms with E-state index in [1.807, 2.05) is 6.92 Å². The fourth-order valence-electron chi connectivity index (χ4n) is 2.26. The van der Waals surface area contributed by atoms with E-state index in [2.05, 4.69) is 15.3 Å². The van der Waals surface area contributed by atoms with E-state index in [0.717, 1.165) is 25.7 Å². The van der Waals surface area contributed by atoms with E-state index in [1.54, 1.807) is 6.92 Å². The Morgan fingerprint density at radius 1 is 1.52 bits per heavy atom. The third-order valence-corrected chi connectivity index (χ3v) is 3.78. The molecule has 1 aromatic rings. The number of aryl methyl sites for hydroxylation is 1. The second kappa shape index (κ2) is 6.85. The molecule has 1 heterocycles. The molecule has 1 atom stereocenters. The molecule has 2 rings (SSSR count). The van der Waals surface area contributed by atoms with Crippen LogP contribution in [0, 0.1) is 12.8 Å². The van der Waals surface area contributed by atoms with E-state index < -0.39 is 0 Å². The summed E-state index contributed by atoms with van der Waals surface area (Å²) in [6, 6.07) is 0. The standard InChI is InChI=1S/C15H23N3O3/c1-9(8-19)4-3-7-16-14(20)12-10(2)17-13(11-5-6-11)18-15(12)21/h9,11,19H,3-8H2,1-2H3,(H,16,20)(H,17,18,21). The van der Waals surface area contributed by atoms with E-state index in [4.69, 9.17) is 5.11 Å². The van der Waals surface area contributed by atoms with Crippen LogP contribution in [0.5, 0.6) is 0 Å². The molecule has 0 aromatic carbocycles. The molecule has 1 aliphatic rings. The summed E-state index contributed by atoms with van der Waals surface area (Å²) in [6.45, 7) is 4.30. The number of carbonyl (C=O) groups excluding carboxylic acids is 1. The number of nitrogens with one attached hydrogen (secondary N) is 2. The zero-order chi connectivity index (χ0) is 15.4. The first-order valence-electron chi connectivity index (χ1n) is 7.52. The number of hydrogen-bond acceptors (Lipinski definition) is 4. The van der Waals surface area contributed by atoms with Crippen LogP contribution in [0.25, 0.3) is 0 Å². The van der Waals surface area contributed by atoms with Gasteiger partial charge in [0.2, 0.25) is 0 Å². The van der Waals surface area contributed by atoms with Gasteiger partial charge in [0.25, 0.3) is 11.5 Å². The van der Waals surface area contributed by atoms with Crippen molar-refractivity contribution >= 4 is 5.91 Å². The lowest BCUT2D eigenvalue weighted by molar-refractivity contribution is 0.0949. The highest BCUT2D eigenvalue weighted by atomic mass is 16.3. The predicted molar refractivity (Wildman–Crippen MR) is 79.4 cm³/mol. The second-order valence-electron chi connectivity index (χ2n) is 5.87. The Bertz CT molecular complexity index is 564. The number of H-pyrrole nitrogens is 1. The molecule has 0 radical (unpaired) electrons. The normalized spacial score (nSPS) is 15.8. The fourth-order valence-corrected chi connectivity index (χ4v) is 2.26. The first-order chi connectivity index (χ1) is 10.0. The summed E-state index contributed by atoms with van der Waals surface area (Å²) in [6.07, 6.45) is 3.72. The SMILES string of the molecule is Cc1nc(C2CC2)[nH]c(=O)c1C(=O)NCCCC(C)CO. The Hall–Kier alpha value is -1.69. The first-order valence-corrected chi connectivity index (χ1v) is 7.52. The molecule has 21 heavy (non-hydrogen) atoms. The number of aromatic amines is 1. The zero-order valence-electron chi connectivity index (χ0n) is 12.6. The number of amides is 1. The van der Waals surface area contributed by atoms with Gasteiger partial charge in [-0.15, -0.1) is 0 Å². The summed E-state index contributed by atoms with van der Waals surface area (Å²) in [5, 5.41) is 11.7. The van der Waals surface area contributed by atoms with Crippen molar-refractivity contribution in [2.45, 2.75) is 45.4 Å². The maximum Gasteiger partial charge on any atom is 0.264 e. The Labute approximate surface area is 124 Å². The molecular formula is C15H23N3O3. The lowest BCUT2D eigenvalue weighted by Crippen LogP contribution is -2.32. The Balaban J connectivity index is 1.94. The molecule has 0 saturated heterocycles. The molecule has 6 heteroatoms. The second-order valence-corrected chi connectivity index (χ2v) is 5.87. The minimum absolute atomic E-state index is 0.106. The Morgan fingerprint density at radius 3 is 2.81 bits per heavy atom. The van der Waals surface area contributed by atoms with Gasteiger partial charge in [0.05, 0.1) is 5.69 Å². The topological polar surface area (TPSA) is 95.1 Å². The molecular weight excluding hydrogens is 270 g/mol. The van der Waals surface area contributed by atoms with Gasteiger partial charge in [-0.05, 0) is 38.5 Å². The van der Waals surface area contributed by atoms with Crippen molar-refractivity contribution in [2.75, 3.05) is 13.2 Å². The number of aliphatic hydroxyl groups excluding tert-OH is 1. The van der Waals surface area contributed by atoms with Crippen molar-refractivity contribution in [3.8, 4) is 0 Å². The summed E-state index contributed by atoms with van der Waals surface area (Å²) >= 11 is 0. The van der Waals surface area contributed by atoms with Crippen LogP contribution in [0.15, 0.2) is 4.79 Å². The van der Waals surface area contributed by atoms with E-state index in [0.29, 0.717) is 24.0 Å². The minimum Gasteiger partial charge on any atom is -0.396 e. The van der Waals surface area contributed by atoms with Crippen molar-refractivity contribution in [3.05, 3.63) is 27.4 Å². The third kappa shape index (κ3) is 4.14. The smallest absolute Gasteiger partial charge is 0.264 e. The van der Waals surface area contributed by atoms with Crippen LogP contribution in [-0.2, 0) is 0 Å². The predicted octanol–water partition coefficient (Wildman–Crippen LogP) is 1.09. The average Bonchev–Trinajstić information content (AvgIpc) is 3.27. The molecule has 0 spiro atoms. The van der Waals surface area contributed by atoms with Crippen LogP contribution >= 0.6 is 0 Å². The Morgan fingerprint density at radius 2 is 2.24 bits per heavy atom. The highest BCUT2D eigenvalue weighted by molar-refractivity contribution is 5.94. The number of aromatic nitrogens is 2. The van der Waals surface area contributed by atoms with Gasteiger partial charge < -0.3 is 15.4 Å². The fraction of sp³-hybridized carbons (Fsp3) is 0.667. The molecule has 1 fully saturated rings. The summed E-state index contributed by atoms with van der Waals surface area (Å²) in [5.74, 6) is 0.908. The summed E-state index contributed by atoms with van der Waals surface area (Å²) in [4.78, 5) is 31.2. The lowest BCUT2D eigenvalue weighted by Gasteiger charge is -2.09. The highest BCUT2D eigenvalue weighted by Gasteiger charge is 2.27. The number of hydrogen-bond donors (Lipinski definition) is 3. The average molecular weight is 293 g/mol. The maximum atomic E-state index is 12.1. The monoisotopic (exact) mass is 293 g/mol. The van der Waals surface area contributed by atoms with Crippen LogP contribution in [0.2, 0.25) is 0 Å². The molecule has 116 valence electrons. The molecule has 1 saturated carbocycles. The zero-order valence-corrected chi connectivity index (χ0v) is 12.6. The summed E-state index contributed by atoms with van der Waals surface area (Å²) < 4.78 is 0. The van der Waals surface area contributed by atoms with Gasteiger partial charge in [-0.3, -0.25) is 9.59 Å². The first kappa shape index (κ1) is 15.7. The molecule has 0 bridgehead atoms. The van der Waals surface area contributed by atoms with Gasteiger partial charge in [0, 0.05) is 19.1 Å². The minimum atomic E-state index is -0.375. The summed E-state index contributed by atoms with van der Waals surface area (Å²) in [7, 11) is 0. The van der Waals surface area contributed by atoms with Crippen molar-refractivity contribution in [2.24, 2.45) is 5.92 Å². The molecule has 0 aliphatic heterocycles. The van der Waals surface area contributed by atoms with Crippen molar-refractivity contribution < 1.29 is 9.90 Å². The van der Waals surface area contributed by atoms with Crippen molar-refractivity contribution in [1.82, 2.24) is 15.3 Å². The number of rotatable bonds is 7. The van der Waals surface area contributed by atoms with Gasteiger partial charge in [-0.2, -0.15) is 0 Å². The highest BCUT2D eigenvalue weighted by Crippen LogP contribution is 2.37. The van der Waals surface area contributed by atoms with Gasteiger partial charge in [-0.1, -0.05) is 6.92 Å². The number of nitrogens with zero attached hydrogens (tertiary/aromatic N) is 1. The molecule has 3 N–H and O–H groups in total. The van der Waals surface area contributed by atoms with Gasteiger partial charge in [-0.25, -0.2) is 4.98 Å². The molecule has 1 aromatic heterocycles. The number of aliphatic hydroxyl groups is 1. The van der Waals surface area contributed by atoms with Crippen LogP contribution in [-0.4, -0.2) is 34.1 Å². The van der Waals surface area contributed by atoms with Crippen LogP contribution in [0.3, 0.4) is 0 Å². The molecule has 1 amide bonds. The molecule has 1 unspecified atom stereocenters. The quantitative estimate of drug-likeness (QED) is 0.656. The third-order valence-electron chi connectivity index (χ3n) is 3.78. The van der Waals surface area contributed by atoms with Gasteiger partial charge in [0.15, 0.2) is 0 Å². The van der Waals surface area contributed by atoms with Crippen LogP contribution in [0.1, 0.15) is 60.4 Å². The van der Waals surface area contributed by atoms with E-state index in [1.165, 1.54) is 0 Å². The molecule has 6 nitrogen and oxygen atoms in total. The summed E-state index contributed by atoms with van der Waals surface area (Å²) in [5.41, 5.74) is 0.238. The van der Waals surface area contributed by atoms with Crippen molar-refractivity contribution in [1.29, 1.82) is 0 Å². The van der Waals surface area contributed by atoms with E-state index >= 15 is 0 Å². The van der Waals surface area contributed by atoms with E-state index in [-0.39, 0.29) is 29.6 Å². The van der Waals surface area contributed by atoms with Crippen LogP contribution in [0.4, 0.5) is 0 Å².